The van der Waals surface area contributed by atoms with Gasteiger partial charge in [-0.3, -0.25) is 0 Å². The highest BCUT2D eigenvalue weighted by atomic mass is 16.7. The van der Waals surface area contributed by atoms with Gasteiger partial charge in [-0.05, 0) is 26.2 Å². The number of esters is 1. The van der Waals surface area contributed by atoms with Crippen LogP contribution in [0.4, 0.5) is 0 Å². The molecule has 0 heterocycles. The Kier molecular flexibility index (Phi) is 12.0. The number of carbonyl (C=O) groups is 1. The first-order chi connectivity index (χ1) is 8.74. The SMILES string of the molecule is CC=CC(=O)OCCCC(OCCC)OCCC. The van der Waals surface area contributed by atoms with Crippen LogP contribution in [0.5, 0.6) is 0 Å². The van der Waals surface area contributed by atoms with Crippen LogP contribution in [0.1, 0.15) is 46.5 Å². The van der Waals surface area contributed by atoms with E-state index >= 15 is 0 Å². The highest BCUT2D eigenvalue weighted by molar-refractivity contribution is 5.81. The van der Waals surface area contributed by atoms with Gasteiger partial charge in [-0.2, -0.15) is 0 Å². The monoisotopic (exact) mass is 258 g/mol. The maximum Gasteiger partial charge on any atom is 0.330 e. The molecule has 0 radical (unpaired) electrons. The third kappa shape index (κ3) is 10.3. The summed E-state index contributed by atoms with van der Waals surface area (Å²) in [4.78, 5) is 11.1. The molecular weight excluding hydrogens is 232 g/mol. The van der Waals surface area contributed by atoms with E-state index in [0.717, 1.165) is 25.7 Å². The van der Waals surface area contributed by atoms with Crippen molar-refractivity contribution in [2.45, 2.75) is 52.7 Å². The quantitative estimate of drug-likeness (QED) is 0.247. The molecule has 0 aromatic heterocycles. The molecule has 0 saturated heterocycles. The van der Waals surface area contributed by atoms with Crippen LogP contribution in [0.15, 0.2) is 12.2 Å². The van der Waals surface area contributed by atoms with Gasteiger partial charge < -0.3 is 14.2 Å². The van der Waals surface area contributed by atoms with E-state index in [1.807, 2.05) is 0 Å². The average molecular weight is 258 g/mol. The summed E-state index contributed by atoms with van der Waals surface area (Å²) in [5.41, 5.74) is 0. The summed E-state index contributed by atoms with van der Waals surface area (Å²) in [6.07, 6.45) is 6.36. The van der Waals surface area contributed by atoms with Crippen LogP contribution in [0.3, 0.4) is 0 Å². The smallest absolute Gasteiger partial charge is 0.330 e. The summed E-state index contributed by atoms with van der Waals surface area (Å²) in [7, 11) is 0. The first-order valence-corrected chi connectivity index (χ1v) is 6.77. The zero-order valence-electron chi connectivity index (χ0n) is 11.8. The van der Waals surface area contributed by atoms with Gasteiger partial charge in [-0.1, -0.05) is 19.9 Å². The van der Waals surface area contributed by atoms with Crippen LogP contribution in [0.2, 0.25) is 0 Å². The zero-order valence-corrected chi connectivity index (χ0v) is 11.8. The molecule has 0 fully saturated rings. The minimum Gasteiger partial charge on any atom is -0.463 e. The number of carbonyl (C=O) groups excluding carboxylic acids is 1. The van der Waals surface area contributed by atoms with Crippen LogP contribution >= 0.6 is 0 Å². The van der Waals surface area contributed by atoms with Crippen molar-refractivity contribution in [2.24, 2.45) is 0 Å². The second-order valence-electron chi connectivity index (χ2n) is 3.98. The minimum absolute atomic E-state index is 0.176. The van der Waals surface area contributed by atoms with Gasteiger partial charge in [0.2, 0.25) is 0 Å². The van der Waals surface area contributed by atoms with Crippen LogP contribution in [0, 0.1) is 0 Å². The molecule has 0 atom stereocenters. The Balaban J connectivity index is 3.70. The lowest BCUT2D eigenvalue weighted by Gasteiger charge is -2.17. The van der Waals surface area contributed by atoms with E-state index < -0.39 is 0 Å². The summed E-state index contributed by atoms with van der Waals surface area (Å²) in [6, 6.07) is 0. The molecule has 0 bridgehead atoms. The van der Waals surface area contributed by atoms with Gasteiger partial charge in [-0.25, -0.2) is 4.79 Å². The normalized spacial score (nSPS) is 11.3. The molecule has 0 N–H and O–H groups in total. The molecule has 0 rings (SSSR count). The highest BCUT2D eigenvalue weighted by Gasteiger charge is 2.08. The molecule has 18 heavy (non-hydrogen) atoms. The number of hydrogen-bond donors (Lipinski definition) is 0. The van der Waals surface area contributed by atoms with E-state index in [0.29, 0.717) is 19.8 Å². The lowest BCUT2D eigenvalue weighted by atomic mass is 10.3. The van der Waals surface area contributed by atoms with Gasteiger partial charge in [-0.15, -0.1) is 0 Å². The third-order valence-corrected chi connectivity index (χ3v) is 2.15. The van der Waals surface area contributed by atoms with E-state index in [1.165, 1.54) is 6.08 Å². The molecular formula is C14H26O4. The van der Waals surface area contributed by atoms with E-state index in [-0.39, 0.29) is 12.3 Å². The Labute approximate surface area is 110 Å². The molecule has 0 amide bonds. The maximum absolute atomic E-state index is 11.1. The molecule has 4 nitrogen and oxygen atoms in total. The Bertz CT molecular complexity index is 218. The fraction of sp³-hybridized carbons (Fsp3) is 0.786. The summed E-state index contributed by atoms with van der Waals surface area (Å²) in [5.74, 6) is -0.294. The van der Waals surface area contributed by atoms with Gasteiger partial charge in [0.15, 0.2) is 6.29 Å². The van der Waals surface area contributed by atoms with Crippen LogP contribution in [-0.2, 0) is 19.0 Å². The van der Waals surface area contributed by atoms with Crippen molar-refractivity contribution >= 4 is 5.97 Å². The summed E-state index contributed by atoms with van der Waals surface area (Å²) >= 11 is 0. The van der Waals surface area contributed by atoms with Crippen molar-refractivity contribution in [1.29, 1.82) is 0 Å². The molecule has 4 heteroatoms. The maximum atomic E-state index is 11.1. The van der Waals surface area contributed by atoms with Crippen LogP contribution in [-0.4, -0.2) is 32.1 Å². The van der Waals surface area contributed by atoms with E-state index in [2.05, 4.69) is 13.8 Å². The predicted molar refractivity (Wildman–Crippen MR) is 71.3 cm³/mol. The standard InChI is InChI=1S/C14H26O4/c1-4-8-13(15)16-12-7-9-14(17-10-5-2)18-11-6-3/h4,8,14H,5-7,9-12H2,1-3H3. The van der Waals surface area contributed by atoms with Crippen molar-refractivity contribution in [3.05, 3.63) is 12.2 Å². The summed E-state index contributed by atoms with van der Waals surface area (Å²) in [6.45, 7) is 7.73. The first kappa shape index (κ1) is 17.1. The lowest BCUT2D eigenvalue weighted by molar-refractivity contribution is -0.151. The topological polar surface area (TPSA) is 44.8 Å². The van der Waals surface area contributed by atoms with Crippen molar-refractivity contribution < 1.29 is 19.0 Å². The van der Waals surface area contributed by atoms with Gasteiger partial charge in [0, 0.05) is 25.7 Å². The van der Waals surface area contributed by atoms with Gasteiger partial charge in [0.25, 0.3) is 0 Å². The van der Waals surface area contributed by atoms with Gasteiger partial charge >= 0.3 is 5.97 Å². The third-order valence-electron chi connectivity index (χ3n) is 2.15. The van der Waals surface area contributed by atoms with Crippen molar-refractivity contribution in [1.82, 2.24) is 0 Å². The Morgan fingerprint density at radius 2 is 1.72 bits per heavy atom. The Morgan fingerprint density at radius 1 is 1.11 bits per heavy atom. The fourth-order valence-corrected chi connectivity index (χ4v) is 1.32. The molecule has 0 saturated carbocycles. The molecule has 0 unspecified atom stereocenters. The molecule has 106 valence electrons. The average Bonchev–Trinajstić information content (AvgIpc) is 2.37. The summed E-state index contributed by atoms with van der Waals surface area (Å²) < 4.78 is 16.1. The Morgan fingerprint density at radius 3 is 2.22 bits per heavy atom. The van der Waals surface area contributed by atoms with Gasteiger partial charge in [0.05, 0.1) is 6.61 Å². The number of hydrogen-bond acceptors (Lipinski definition) is 4. The fourth-order valence-electron chi connectivity index (χ4n) is 1.32. The number of allylic oxidation sites excluding steroid dienone is 1. The highest BCUT2D eigenvalue weighted by Crippen LogP contribution is 2.06. The molecule has 0 spiro atoms. The van der Waals surface area contributed by atoms with Crippen LogP contribution in [0.25, 0.3) is 0 Å². The van der Waals surface area contributed by atoms with E-state index in [9.17, 15) is 4.79 Å². The molecule has 0 aliphatic heterocycles. The largest absolute Gasteiger partial charge is 0.463 e. The van der Waals surface area contributed by atoms with Crippen molar-refractivity contribution in [3.8, 4) is 0 Å². The second-order valence-corrected chi connectivity index (χ2v) is 3.98. The predicted octanol–water partition coefficient (Wildman–Crippen LogP) is 3.07. The minimum atomic E-state index is -0.294. The van der Waals surface area contributed by atoms with Crippen molar-refractivity contribution in [3.63, 3.8) is 0 Å². The van der Waals surface area contributed by atoms with E-state index in [1.54, 1.807) is 13.0 Å². The van der Waals surface area contributed by atoms with Crippen LogP contribution < -0.4 is 0 Å². The first-order valence-electron chi connectivity index (χ1n) is 6.77. The second kappa shape index (κ2) is 12.6. The Hall–Kier alpha value is -0.870. The summed E-state index contributed by atoms with van der Waals surface area (Å²) in [5, 5.41) is 0. The van der Waals surface area contributed by atoms with Gasteiger partial charge in [0.1, 0.15) is 0 Å². The zero-order chi connectivity index (χ0) is 13.6. The van der Waals surface area contributed by atoms with E-state index in [4.69, 9.17) is 14.2 Å². The number of rotatable bonds is 11. The molecule has 0 aliphatic rings. The molecule has 0 aromatic rings. The van der Waals surface area contributed by atoms with Crippen molar-refractivity contribution in [2.75, 3.05) is 19.8 Å². The molecule has 0 aromatic carbocycles. The number of ether oxygens (including phenoxy) is 3. The lowest BCUT2D eigenvalue weighted by Crippen LogP contribution is -2.19. The molecule has 0 aliphatic carbocycles.